The summed E-state index contributed by atoms with van der Waals surface area (Å²) in [6, 6.07) is 3.30. The fraction of sp³-hybridized carbons (Fsp3) is 0.357. The first-order valence-corrected chi connectivity index (χ1v) is 6.74. The van der Waals surface area contributed by atoms with Crippen LogP contribution in [0.4, 0.5) is 4.39 Å². The molecule has 2 aromatic rings. The summed E-state index contributed by atoms with van der Waals surface area (Å²) in [6.45, 7) is 2.57. The third-order valence-electron chi connectivity index (χ3n) is 3.38. The second-order valence-corrected chi connectivity index (χ2v) is 4.94. The number of phenolic OH excluding ortho intramolecular Hbond substituents is 1. The highest BCUT2D eigenvalue weighted by molar-refractivity contribution is 5.96. The number of benzene rings is 1. The number of phenols is 1. The molecule has 1 saturated heterocycles. The average Bonchev–Trinajstić information content (AvgIpc) is 2.93. The Morgan fingerprint density at radius 1 is 1.50 bits per heavy atom. The van der Waals surface area contributed by atoms with E-state index in [0.29, 0.717) is 24.9 Å². The second kappa shape index (κ2) is 5.72. The van der Waals surface area contributed by atoms with Gasteiger partial charge in [0.2, 0.25) is 11.7 Å². The molecule has 0 bridgehead atoms. The van der Waals surface area contributed by atoms with Crippen molar-refractivity contribution < 1.29 is 23.6 Å². The smallest absolute Gasteiger partial charge is 0.257 e. The summed E-state index contributed by atoms with van der Waals surface area (Å²) in [7, 11) is 0. The van der Waals surface area contributed by atoms with Crippen LogP contribution in [-0.2, 0) is 4.74 Å². The van der Waals surface area contributed by atoms with Crippen LogP contribution in [0, 0.1) is 12.7 Å². The first-order valence-electron chi connectivity index (χ1n) is 6.74. The predicted molar refractivity (Wildman–Crippen MR) is 71.7 cm³/mol. The van der Waals surface area contributed by atoms with Crippen molar-refractivity contribution in [1.29, 1.82) is 0 Å². The zero-order chi connectivity index (χ0) is 15.7. The Kier molecular flexibility index (Phi) is 3.76. The van der Waals surface area contributed by atoms with Crippen LogP contribution in [0.15, 0.2) is 22.7 Å². The van der Waals surface area contributed by atoms with Crippen LogP contribution in [-0.4, -0.2) is 45.8 Å². The zero-order valence-electron chi connectivity index (χ0n) is 11.8. The van der Waals surface area contributed by atoms with E-state index in [2.05, 4.69) is 10.1 Å². The molecule has 1 amide bonds. The van der Waals surface area contributed by atoms with Crippen molar-refractivity contribution in [2.45, 2.75) is 13.0 Å². The minimum atomic E-state index is -0.601. The second-order valence-electron chi connectivity index (χ2n) is 4.94. The summed E-state index contributed by atoms with van der Waals surface area (Å²) in [5.74, 6) is -0.595. The van der Waals surface area contributed by atoms with E-state index in [1.165, 1.54) is 11.0 Å². The van der Waals surface area contributed by atoms with E-state index in [1.54, 1.807) is 6.92 Å². The third-order valence-corrected chi connectivity index (χ3v) is 3.38. The van der Waals surface area contributed by atoms with Crippen LogP contribution in [0.5, 0.6) is 5.75 Å². The van der Waals surface area contributed by atoms with E-state index in [4.69, 9.17) is 9.26 Å². The summed E-state index contributed by atoms with van der Waals surface area (Å²) in [5, 5.41) is 13.5. The number of hydrogen-bond acceptors (Lipinski definition) is 6. The summed E-state index contributed by atoms with van der Waals surface area (Å²) in [4.78, 5) is 18.0. The summed E-state index contributed by atoms with van der Waals surface area (Å²) >= 11 is 0. The maximum Gasteiger partial charge on any atom is 0.257 e. The fourth-order valence-electron chi connectivity index (χ4n) is 2.29. The van der Waals surface area contributed by atoms with Gasteiger partial charge in [0, 0.05) is 19.5 Å². The Morgan fingerprint density at radius 3 is 3.00 bits per heavy atom. The topological polar surface area (TPSA) is 88.7 Å². The highest BCUT2D eigenvalue weighted by atomic mass is 19.1. The number of halogens is 1. The molecule has 1 aliphatic heterocycles. The SMILES string of the molecule is Cc1nc([C@@H]2CN(C(=O)c3ccc(F)cc3O)CCO2)no1. The van der Waals surface area contributed by atoms with Crippen LogP contribution in [0.2, 0.25) is 0 Å². The molecule has 2 heterocycles. The standard InChI is InChI=1S/C14H14FN3O4/c1-8-16-13(17-22-8)12-7-18(4-5-21-12)14(20)10-3-2-9(15)6-11(10)19/h2-3,6,12,19H,4-5,7H2,1H3/t12-/m0/s1. The summed E-state index contributed by atoms with van der Waals surface area (Å²) < 4.78 is 23.5. The number of aromatic hydroxyl groups is 1. The van der Waals surface area contributed by atoms with Gasteiger partial charge in [-0.3, -0.25) is 4.79 Å². The number of morpholine rings is 1. The van der Waals surface area contributed by atoms with Crippen LogP contribution in [0.3, 0.4) is 0 Å². The molecule has 3 rings (SSSR count). The summed E-state index contributed by atoms with van der Waals surface area (Å²) in [6.07, 6.45) is -0.488. The largest absolute Gasteiger partial charge is 0.507 e. The molecular formula is C14H14FN3O4. The number of ether oxygens (including phenoxy) is 1. The number of nitrogens with zero attached hydrogens (tertiary/aromatic N) is 3. The van der Waals surface area contributed by atoms with Crippen molar-refractivity contribution in [3.05, 3.63) is 41.3 Å². The van der Waals surface area contributed by atoms with Crippen molar-refractivity contribution in [3.63, 3.8) is 0 Å². The molecular weight excluding hydrogens is 293 g/mol. The predicted octanol–water partition coefficient (Wildman–Crippen LogP) is 1.44. The number of carbonyl (C=O) groups is 1. The Bertz CT molecular complexity index is 703. The van der Waals surface area contributed by atoms with Gasteiger partial charge in [0.15, 0.2) is 0 Å². The first-order chi connectivity index (χ1) is 10.5. The maximum atomic E-state index is 13.0. The molecule has 1 fully saturated rings. The molecule has 8 heteroatoms. The van der Waals surface area contributed by atoms with E-state index in [0.717, 1.165) is 12.1 Å². The van der Waals surface area contributed by atoms with Crippen molar-refractivity contribution in [3.8, 4) is 5.75 Å². The van der Waals surface area contributed by atoms with Gasteiger partial charge in [0.1, 0.15) is 17.7 Å². The number of hydrogen-bond donors (Lipinski definition) is 1. The maximum absolute atomic E-state index is 13.0. The van der Waals surface area contributed by atoms with E-state index in [-0.39, 0.29) is 17.9 Å². The highest BCUT2D eigenvalue weighted by Crippen LogP contribution is 2.24. The van der Waals surface area contributed by atoms with Gasteiger partial charge in [0.25, 0.3) is 5.91 Å². The minimum Gasteiger partial charge on any atom is -0.507 e. The lowest BCUT2D eigenvalue weighted by Crippen LogP contribution is -2.42. The van der Waals surface area contributed by atoms with Gasteiger partial charge in [-0.2, -0.15) is 4.98 Å². The van der Waals surface area contributed by atoms with Crippen molar-refractivity contribution in [1.82, 2.24) is 15.0 Å². The Balaban J connectivity index is 1.78. The molecule has 0 unspecified atom stereocenters. The van der Waals surface area contributed by atoms with Gasteiger partial charge in [-0.1, -0.05) is 5.16 Å². The minimum absolute atomic E-state index is 0.0475. The number of carbonyl (C=O) groups excluding carboxylic acids is 1. The van der Waals surface area contributed by atoms with Crippen molar-refractivity contribution in [2.75, 3.05) is 19.7 Å². The molecule has 0 saturated carbocycles. The van der Waals surface area contributed by atoms with E-state index in [9.17, 15) is 14.3 Å². The van der Waals surface area contributed by atoms with Gasteiger partial charge in [0.05, 0.1) is 18.7 Å². The summed E-state index contributed by atoms with van der Waals surface area (Å²) in [5.41, 5.74) is 0.0475. The lowest BCUT2D eigenvalue weighted by molar-refractivity contribution is -0.0277. The molecule has 1 atom stereocenters. The number of amides is 1. The van der Waals surface area contributed by atoms with Crippen LogP contribution < -0.4 is 0 Å². The van der Waals surface area contributed by atoms with Crippen LogP contribution in [0.25, 0.3) is 0 Å². The van der Waals surface area contributed by atoms with E-state index in [1.807, 2.05) is 0 Å². The van der Waals surface area contributed by atoms with Gasteiger partial charge in [-0.15, -0.1) is 0 Å². The molecule has 1 aliphatic rings. The zero-order valence-corrected chi connectivity index (χ0v) is 11.8. The molecule has 0 spiro atoms. The molecule has 1 aromatic heterocycles. The molecule has 0 aliphatic carbocycles. The number of rotatable bonds is 2. The van der Waals surface area contributed by atoms with Crippen LogP contribution >= 0.6 is 0 Å². The molecule has 1 N–H and O–H groups in total. The number of aryl methyl sites for hydroxylation is 1. The molecule has 22 heavy (non-hydrogen) atoms. The molecule has 1 aromatic carbocycles. The Labute approximate surface area is 125 Å². The van der Waals surface area contributed by atoms with Gasteiger partial charge < -0.3 is 19.3 Å². The first kappa shape index (κ1) is 14.5. The Morgan fingerprint density at radius 2 is 2.32 bits per heavy atom. The third kappa shape index (κ3) is 2.77. The monoisotopic (exact) mass is 307 g/mol. The normalized spacial score (nSPS) is 18.5. The lowest BCUT2D eigenvalue weighted by Gasteiger charge is -2.31. The molecule has 116 valence electrons. The van der Waals surface area contributed by atoms with Crippen molar-refractivity contribution in [2.24, 2.45) is 0 Å². The fourth-order valence-corrected chi connectivity index (χ4v) is 2.29. The molecule has 7 nitrogen and oxygen atoms in total. The quantitative estimate of drug-likeness (QED) is 0.903. The molecule has 0 radical (unpaired) electrons. The van der Waals surface area contributed by atoms with Gasteiger partial charge in [-0.05, 0) is 12.1 Å². The van der Waals surface area contributed by atoms with Gasteiger partial charge in [-0.25, -0.2) is 4.39 Å². The Hall–Kier alpha value is -2.48. The lowest BCUT2D eigenvalue weighted by atomic mass is 10.1. The number of aromatic nitrogens is 2. The van der Waals surface area contributed by atoms with Gasteiger partial charge >= 0.3 is 0 Å². The van der Waals surface area contributed by atoms with Crippen LogP contribution in [0.1, 0.15) is 28.2 Å². The highest BCUT2D eigenvalue weighted by Gasteiger charge is 2.30. The van der Waals surface area contributed by atoms with E-state index < -0.39 is 17.8 Å². The van der Waals surface area contributed by atoms with Crippen molar-refractivity contribution >= 4 is 5.91 Å². The average molecular weight is 307 g/mol. The van der Waals surface area contributed by atoms with E-state index >= 15 is 0 Å².